The Labute approximate surface area is 139 Å². The largest absolute Gasteiger partial charge is 0.497 e. The number of hydrogen-bond donors (Lipinski definition) is 2. The van der Waals surface area contributed by atoms with Crippen LogP contribution in [0, 0.1) is 0 Å². The maximum atomic E-state index is 12.2. The Morgan fingerprint density at radius 2 is 2.04 bits per heavy atom. The molecule has 2 aromatic carbocycles. The number of aromatic nitrogens is 1. The predicted molar refractivity (Wildman–Crippen MR) is 91.9 cm³/mol. The highest BCUT2D eigenvalue weighted by Gasteiger charge is 2.10. The number of methoxy groups -OCH3 is 1. The monoisotopic (exact) mass is 328 g/mol. The van der Waals surface area contributed by atoms with Gasteiger partial charge in [-0.2, -0.15) is 0 Å². The third kappa shape index (κ3) is 3.48. The van der Waals surface area contributed by atoms with Crippen molar-refractivity contribution >= 4 is 28.4 Å². The van der Waals surface area contributed by atoms with E-state index in [9.17, 15) is 4.79 Å². The summed E-state index contributed by atoms with van der Waals surface area (Å²) in [5.74, 6) is 0.725. The number of amides is 1. The van der Waals surface area contributed by atoms with Crippen LogP contribution in [-0.4, -0.2) is 18.0 Å². The maximum absolute atomic E-state index is 12.2. The second-order valence-corrected chi connectivity index (χ2v) is 5.68. The van der Waals surface area contributed by atoms with Gasteiger partial charge in [0, 0.05) is 28.7 Å². The minimum atomic E-state index is -0.0476. The van der Waals surface area contributed by atoms with E-state index in [1.165, 1.54) is 0 Å². The topological polar surface area (TPSA) is 54.1 Å². The number of ether oxygens (including phenoxy) is 1. The van der Waals surface area contributed by atoms with E-state index in [0.717, 1.165) is 27.8 Å². The summed E-state index contributed by atoms with van der Waals surface area (Å²) in [6, 6.07) is 13.3. The van der Waals surface area contributed by atoms with Crippen LogP contribution in [-0.2, 0) is 17.8 Å². The normalized spacial score (nSPS) is 10.7. The number of aromatic amines is 1. The van der Waals surface area contributed by atoms with E-state index in [4.69, 9.17) is 16.3 Å². The number of H-pyrrole nitrogens is 1. The molecule has 3 aromatic rings. The first-order valence-corrected chi connectivity index (χ1v) is 7.69. The third-order valence-electron chi connectivity index (χ3n) is 3.76. The summed E-state index contributed by atoms with van der Waals surface area (Å²) in [5, 5.41) is 4.56. The standard InChI is InChI=1S/C18H17ClN2O2/c1-23-14-6-7-17-15(9-14)13(11-20-17)8-18(22)21-10-12-4-2-3-5-16(12)19/h2-7,9,11,20H,8,10H2,1H3,(H,21,22). The molecule has 1 aromatic heterocycles. The van der Waals surface area contributed by atoms with Crippen molar-refractivity contribution in [1.82, 2.24) is 10.3 Å². The fraction of sp³-hybridized carbons (Fsp3) is 0.167. The molecule has 0 radical (unpaired) electrons. The molecule has 1 heterocycles. The van der Waals surface area contributed by atoms with Gasteiger partial charge in [0.25, 0.3) is 0 Å². The number of carbonyl (C=O) groups excluding carboxylic acids is 1. The zero-order valence-corrected chi connectivity index (χ0v) is 13.5. The number of rotatable bonds is 5. The first-order valence-electron chi connectivity index (χ1n) is 7.31. The molecule has 0 aliphatic rings. The average molecular weight is 329 g/mol. The summed E-state index contributed by atoms with van der Waals surface area (Å²) in [6.07, 6.45) is 2.16. The molecule has 5 heteroatoms. The summed E-state index contributed by atoms with van der Waals surface area (Å²) >= 11 is 6.09. The molecule has 1 amide bonds. The van der Waals surface area contributed by atoms with E-state index in [-0.39, 0.29) is 5.91 Å². The van der Waals surface area contributed by atoms with Gasteiger partial charge in [0.1, 0.15) is 5.75 Å². The number of carbonyl (C=O) groups is 1. The van der Waals surface area contributed by atoms with Gasteiger partial charge in [-0.05, 0) is 35.4 Å². The van der Waals surface area contributed by atoms with E-state index < -0.39 is 0 Å². The van der Waals surface area contributed by atoms with Gasteiger partial charge in [-0.15, -0.1) is 0 Å². The molecule has 0 atom stereocenters. The van der Waals surface area contributed by atoms with Crippen molar-refractivity contribution in [2.75, 3.05) is 7.11 Å². The highest BCUT2D eigenvalue weighted by molar-refractivity contribution is 6.31. The Morgan fingerprint density at radius 1 is 1.22 bits per heavy atom. The molecule has 4 nitrogen and oxygen atoms in total. The molecule has 0 fully saturated rings. The van der Waals surface area contributed by atoms with Gasteiger partial charge in [0.15, 0.2) is 0 Å². The van der Waals surface area contributed by atoms with Crippen LogP contribution in [0.3, 0.4) is 0 Å². The number of nitrogens with one attached hydrogen (secondary N) is 2. The highest BCUT2D eigenvalue weighted by atomic mass is 35.5. The lowest BCUT2D eigenvalue weighted by atomic mass is 10.1. The molecule has 0 aliphatic carbocycles. The fourth-order valence-corrected chi connectivity index (χ4v) is 2.70. The molecule has 2 N–H and O–H groups in total. The smallest absolute Gasteiger partial charge is 0.224 e. The van der Waals surface area contributed by atoms with Crippen LogP contribution in [0.2, 0.25) is 5.02 Å². The zero-order valence-electron chi connectivity index (χ0n) is 12.7. The van der Waals surface area contributed by atoms with Gasteiger partial charge in [-0.1, -0.05) is 29.8 Å². The first-order chi connectivity index (χ1) is 11.2. The van der Waals surface area contributed by atoms with E-state index in [1.54, 1.807) is 7.11 Å². The molecule has 0 unspecified atom stereocenters. The minimum Gasteiger partial charge on any atom is -0.497 e. The molecule has 0 saturated heterocycles. The molecule has 0 aliphatic heterocycles. The van der Waals surface area contributed by atoms with Crippen LogP contribution >= 0.6 is 11.6 Å². The Balaban J connectivity index is 1.69. The van der Waals surface area contributed by atoms with Gasteiger partial charge in [-0.25, -0.2) is 0 Å². The van der Waals surface area contributed by atoms with Crippen LogP contribution < -0.4 is 10.1 Å². The van der Waals surface area contributed by atoms with Crippen molar-refractivity contribution in [1.29, 1.82) is 0 Å². The summed E-state index contributed by atoms with van der Waals surface area (Å²) in [6.45, 7) is 0.421. The van der Waals surface area contributed by atoms with Crippen molar-refractivity contribution < 1.29 is 9.53 Å². The quantitative estimate of drug-likeness (QED) is 0.750. The molecule has 0 bridgehead atoms. The summed E-state index contributed by atoms with van der Waals surface area (Å²) in [4.78, 5) is 15.4. The number of halogens is 1. The minimum absolute atomic E-state index is 0.0476. The SMILES string of the molecule is COc1ccc2[nH]cc(CC(=O)NCc3ccccc3Cl)c2c1. The predicted octanol–water partition coefficient (Wildman–Crippen LogP) is 3.69. The highest BCUT2D eigenvalue weighted by Crippen LogP contribution is 2.24. The lowest BCUT2D eigenvalue weighted by Crippen LogP contribution is -2.24. The van der Waals surface area contributed by atoms with Crippen molar-refractivity contribution in [3.8, 4) is 5.75 Å². The van der Waals surface area contributed by atoms with Crippen molar-refractivity contribution in [2.24, 2.45) is 0 Å². The summed E-state index contributed by atoms with van der Waals surface area (Å²) < 4.78 is 5.24. The van der Waals surface area contributed by atoms with Gasteiger partial charge >= 0.3 is 0 Å². The van der Waals surface area contributed by atoms with Crippen LogP contribution in [0.15, 0.2) is 48.7 Å². The lowest BCUT2D eigenvalue weighted by Gasteiger charge is -2.07. The second-order valence-electron chi connectivity index (χ2n) is 5.27. The van der Waals surface area contributed by atoms with Crippen LogP contribution in [0.5, 0.6) is 5.75 Å². The third-order valence-corrected chi connectivity index (χ3v) is 4.13. The number of hydrogen-bond acceptors (Lipinski definition) is 2. The molecule has 3 rings (SSSR count). The molecule has 0 spiro atoms. The fourth-order valence-electron chi connectivity index (χ4n) is 2.50. The summed E-state index contributed by atoms with van der Waals surface area (Å²) in [7, 11) is 1.63. The van der Waals surface area contributed by atoms with Crippen LogP contribution in [0.1, 0.15) is 11.1 Å². The average Bonchev–Trinajstić information content (AvgIpc) is 2.96. The molecule has 0 saturated carbocycles. The van der Waals surface area contributed by atoms with E-state index in [1.807, 2.05) is 48.7 Å². The van der Waals surface area contributed by atoms with Crippen molar-refractivity contribution in [2.45, 2.75) is 13.0 Å². The second kappa shape index (κ2) is 6.75. The Hall–Kier alpha value is -2.46. The Morgan fingerprint density at radius 3 is 2.83 bits per heavy atom. The molecule has 23 heavy (non-hydrogen) atoms. The van der Waals surface area contributed by atoms with Crippen LogP contribution in [0.25, 0.3) is 10.9 Å². The van der Waals surface area contributed by atoms with Crippen molar-refractivity contribution in [3.63, 3.8) is 0 Å². The zero-order chi connectivity index (χ0) is 16.2. The molecular weight excluding hydrogens is 312 g/mol. The Bertz CT molecular complexity index is 842. The van der Waals surface area contributed by atoms with Gasteiger partial charge < -0.3 is 15.0 Å². The van der Waals surface area contributed by atoms with Gasteiger partial charge in [0.05, 0.1) is 13.5 Å². The van der Waals surface area contributed by atoms with Crippen LogP contribution in [0.4, 0.5) is 0 Å². The maximum Gasteiger partial charge on any atom is 0.224 e. The Kier molecular flexibility index (Phi) is 4.53. The van der Waals surface area contributed by atoms with E-state index in [2.05, 4.69) is 10.3 Å². The van der Waals surface area contributed by atoms with Gasteiger partial charge in [-0.3, -0.25) is 4.79 Å². The first kappa shape index (κ1) is 15.4. The van der Waals surface area contributed by atoms with Crippen molar-refractivity contribution in [3.05, 3.63) is 64.8 Å². The lowest BCUT2D eigenvalue weighted by molar-refractivity contribution is -0.120. The summed E-state index contributed by atoms with van der Waals surface area (Å²) in [5.41, 5.74) is 2.83. The van der Waals surface area contributed by atoms with E-state index in [0.29, 0.717) is 18.0 Å². The molecular formula is C18H17ClN2O2. The molecule has 118 valence electrons. The number of benzene rings is 2. The number of fused-ring (bicyclic) bond motifs is 1. The van der Waals surface area contributed by atoms with E-state index >= 15 is 0 Å². The van der Waals surface area contributed by atoms with Gasteiger partial charge in [0.2, 0.25) is 5.91 Å².